The Kier molecular flexibility index (Phi) is 7.08. The maximum Gasteiger partial charge on any atom is 0.317 e. The van der Waals surface area contributed by atoms with E-state index in [1.165, 1.54) is 12.8 Å². The maximum atomic E-state index is 12.8. The summed E-state index contributed by atoms with van der Waals surface area (Å²) in [6.07, 6.45) is 6.26. The zero-order chi connectivity index (χ0) is 17.7. The topological polar surface area (TPSA) is 60.9 Å². The molecule has 0 aromatic carbocycles. The molecule has 138 valence electrons. The molecule has 0 aromatic heterocycles. The Hall–Kier alpha value is -1.10. The summed E-state index contributed by atoms with van der Waals surface area (Å²) in [5, 5.41) is 9.01. The molecule has 5 heteroatoms. The molecule has 24 heavy (non-hydrogen) atoms. The van der Waals surface area contributed by atoms with E-state index in [0.717, 1.165) is 57.2 Å². The molecule has 2 fully saturated rings. The number of carbonyl (C=O) groups excluding carboxylic acids is 1. The highest BCUT2D eigenvalue weighted by molar-refractivity contribution is 5.79. The van der Waals surface area contributed by atoms with E-state index in [1.54, 1.807) is 0 Å². The largest absolute Gasteiger partial charge is 0.480 e. The number of nitrogens with zero attached hydrogens (tertiary/aromatic N) is 2. The summed E-state index contributed by atoms with van der Waals surface area (Å²) in [6.45, 7) is 9.00. The van der Waals surface area contributed by atoms with Gasteiger partial charge in [0.05, 0.1) is 6.54 Å². The van der Waals surface area contributed by atoms with Crippen molar-refractivity contribution in [2.24, 2.45) is 17.8 Å². The van der Waals surface area contributed by atoms with Crippen LogP contribution < -0.4 is 0 Å². The molecule has 0 unspecified atom stereocenters. The summed E-state index contributed by atoms with van der Waals surface area (Å²) >= 11 is 0. The SMILES string of the molecule is CCN(CC(=O)O)C1CCN(C(=O)C2CCC(C(C)C)CC2)CC1. The summed E-state index contributed by atoms with van der Waals surface area (Å²) in [6, 6.07) is 0.298. The molecule has 0 aromatic rings. The minimum Gasteiger partial charge on any atom is -0.480 e. The normalized spacial score (nSPS) is 26.1. The summed E-state index contributed by atoms with van der Waals surface area (Å²) in [5.74, 6) is 1.31. The zero-order valence-electron chi connectivity index (χ0n) is 15.5. The number of hydrogen-bond donors (Lipinski definition) is 1. The number of carboxylic acid groups (broad SMARTS) is 1. The fourth-order valence-electron chi connectivity index (χ4n) is 4.42. The lowest BCUT2D eigenvalue weighted by Crippen LogP contribution is -2.49. The first-order valence-corrected chi connectivity index (χ1v) is 9.67. The molecule has 0 bridgehead atoms. The number of carbonyl (C=O) groups is 2. The lowest BCUT2D eigenvalue weighted by atomic mass is 9.76. The molecular weight excluding hydrogens is 304 g/mol. The third-order valence-corrected chi connectivity index (χ3v) is 6.10. The number of likely N-dealkylation sites (N-methyl/N-ethyl adjacent to an activating group) is 1. The van der Waals surface area contributed by atoms with Gasteiger partial charge in [0.1, 0.15) is 0 Å². The van der Waals surface area contributed by atoms with Crippen LogP contribution in [0.1, 0.15) is 59.3 Å². The van der Waals surface area contributed by atoms with Gasteiger partial charge >= 0.3 is 5.97 Å². The fourth-order valence-corrected chi connectivity index (χ4v) is 4.42. The van der Waals surface area contributed by atoms with Gasteiger partial charge in [0.15, 0.2) is 0 Å². The van der Waals surface area contributed by atoms with E-state index < -0.39 is 5.97 Å². The molecule has 0 radical (unpaired) electrons. The predicted octanol–water partition coefficient (Wildman–Crippen LogP) is 2.85. The van der Waals surface area contributed by atoms with Crippen LogP contribution in [0.5, 0.6) is 0 Å². The Labute approximate surface area is 146 Å². The Morgan fingerprint density at radius 3 is 2.12 bits per heavy atom. The Morgan fingerprint density at radius 1 is 1.08 bits per heavy atom. The number of amides is 1. The van der Waals surface area contributed by atoms with Gasteiger partial charge in [-0.25, -0.2) is 0 Å². The lowest BCUT2D eigenvalue weighted by Gasteiger charge is -2.39. The first-order chi connectivity index (χ1) is 11.4. The predicted molar refractivity (Wildman–Crippen MR) is 94.8 cm³/mol. The van der Waals surface area contributed by atoms with E-state index in [4.69, 9.17) is 5.11 Å². The minimum atomic E-state index is -0.766. The van der Waals surface area contributed by atoms with Crippen molar-refractivity contribution in [3.63, 3.8) is 0 Å². The number of hydrogen-bond acceptors (Lipinski definition) is 3. The van der Waals surface area contributed by atoms with E-state index in [0.29, 0.717) is 11.9 Å². The van der Waals surface area contributed by atoms with Crippen molar-refractivity contribution in [2.75, 3.05) is 26.2 Å². The highest BCUT2D eigenvalue weighted by Gasteiger charge is 2.33. The van der Waals surface area contributed by atoms with Crippen LogP contribution in [0.2, 0.25) is 0 Å². The van der Waals surface area contributed by atoms with Crippen LogP contribution in [0.4, 0.5) is 0 Å². The van der Waals surface area contributed by atoms with Crippen molar-refractivity contribution < 1.29 is 14.7 Å². The van der Waals surface area contributed by atoms with Crippen LogP contribution in [-0.2, 0) is 9.59 Å². The molecule has 1 N–H and O–H groups in total. The van der Waals surface area contributed by atoms with Gasteiger partial charge in [-0.15, -0.1) is 0 Å². The van der Waals surface area contributed by atoms with Gasteiger partial charge in [0, 0.05) is 25.0 Å². The van der Waals surface area contributed by atoms with Gasteiger partial charge in [-0.3, -0.25) is 14.5 Å². The molecule has 1 amide bonds. The number of carboxylic acids is 1. The molecule has 2 aliphatic rings. The number of aliphatic carboxylic acids is 1. The number of rotatable bonds is 6. The molecule has 1 aliphatic heterocycles. The second-order valence-corrected chi connectivity index (χ2v) is 7.87. The van der Waals surface area contributed by atoms with Crippen LogP contribution in [0.15, 0.2) is 0 Å². The van der Waals surface area contributed by atoms with Gasteiger partial charge in [0.25, 0.3) is 0 Å². The summed E-state index contributed by atoms with van der Waals surface area (Å²) in [7, 11) is 0. The maximum absolute atomic E-state index is 12.8. The molecule has 1 saturated heterocycles. The van der Waals surface area contributed by atoms with E-state index in [9.17, 15) is 9.59 Å². The van der Waals surface area contributed by atoms with Crippen molar-refractivity contribution >= 4 is 11.9 Å². The Balaban J connectivity index is 1.79. The molecule has 0 atom stereocenters. The Morgan fingerprint density at radius 2 is 1.67 bits per heavy atom. The minimum absolute atomic E-state index is 0.105. The first-order valence-electron chi connectivity index (χ1n) is 9.67. The molecule has 1 heterocycles. The number of piperidine rings is 1. The Bertz CT molecular complexity index is 422. The standard InChI is InChI=1S/C19H34N2O3/c1-4-20(13-18(22)23)17-9-11-21(12-10-17)19(24)16-7-5-15(6-8-16)14(2)3/h14-17H,4-13H2,1-3H3,(H,22,23). The van der Waals surface area contributed by atoms with Crippen molar-refractivity contribution in [2.45, 2.75) is 65.3 Å². The average molecular weight is 338 g/mol. The van der Waals surface area contributed by atoms with Crippen LogP contribution in [0.3, 0.4) is 0 Å². The van der Waals surface area contributed by atoms with Crippen molar-refractivity contribution in [1.29, 1.82) is 0 Å². The fraction of sp³-hybridized carbons (Fsp3) is 0.895. The average Bonchev–Trinajstić information content (AvgIpc) is 2.59. The quantitative estimate of drug-likeness (QED) is 0.809. The van der Waals surface area contributed by atoms with Crippen molar-refractivity contribution in [3.8, 4) is 0 Å². The molecule has 0 spiro atoms. The van der Waals surface area contributed by atoms with Crippen LogP contribution in [0.25, 0.3) is 0 Å². The van der Waals surface area contributed by atoms with Gasteiger partial charge in [-0.2, -0.15) is 0 Å². The van der Waals surface area contributed by atoms with E-state index >= 15 is 0 Å². The third kappa shape index (κ3) is 4.95. The van der Waals surface area contributed by atoms with Crippen LogP contribution >= 0.6 is 0 Å². The van der Waals surface area contributed by atoms with Gasteiger partial charge < -0.3 is 10.0 Å². The molecular formula is C19H34N2O3. The lowest BCUT2D eigenvalue weighted by molar-refractivity contribution is -0.141. The van der Waals surface area contributed by atoms with Gasteiger partial charge in [0.2, 0.25) is 5.91 Å². The van der Waals surface area contributed by atoms with E-state index in [-0.39, 0.29) is 12.5 Å². The molecule has 2 rings (SSSR count). The van der Waals surface area contributed by atoms with Crippen LogP contribution in [-0.4, -0.2) is 59.0 Å². The second kappa shape index (κ2) is 8.84. The molecule has 1 saturated carbocycles. The van der Waals surface area contributed by atoms with Gasteiger partial charge in [-0.1, -0.05) is 20.8 Å². The second-order valence-electron chi connectivity index (χ2n) is 7.87. The van der Waals surface area contributed by atoms with E-state index in [2.05, 4.69) is 13.8 Å². The number of likely N-dealkylation sites (tertiary alicyclic amines) is 1. The zero-order valence-corrected chi connectivity index (χ0v) is 15.5. The smallest absolute Gasteiger partial charge is 0.317 e. The molecule has 1 aliphatic carbocycles. The highest BCUT2D eigenvalue weighted by atomic mass is 16.4. The highest BCUT2D eigenvalue weighted by Crippen LogP contribution is 2.34. The van der Waals surface area contributed by atoms with Crippen LogP contribution in [0, 0.1) is 17.8 Å². The third-order valence-electron chi connectivity index (χ3n) is 6.10. The monoisotopic (exact) mass is 338 g/mol. The van der Waals surface area contributed by atoms with Crippen molar-refractivity contribution in [3.05, 3.63) is 0 Å². The van der Waals surface area contributed by atoms with Crippen molar-refractivity contribution in [1.82, 2.24) is 9.80 Å². The first kappa shape index (κ1) is 19.2. The summed E-state index contributed by atoms with van der Waals surface area (Å²) in [5.41, 5.74) is 0. The van der Waals surface area contributed by atoms with Gasteiger partial charge in [-0.05, 0) is 56.9 Å². The summed E-state index contributed by atoms with van der Waals surface area (Å²) in [4.78, 5) is 27.8. The van der Waals surface area contributed by atoms with E-state index in [1.807, 2.05) is 16.7 Å². The summed E-state index contributed by atoms with van der Waals surface area (Å²) < 4.78 is 0. The molecule has 5 nitrogen and oxygen atoms in total.